The third kappa shape index (κ3) is 5.42. The van der Waals surface area contributed by atoms with Gasteiger partial charge in [-0.15, -0.1) is 0 Å². The summed E-state index contributed by atoms with van der Waals surface area (Å²) in [5.41, 5.74) is 1.29. The van der Waals surface area contributed by atoms with Gasteiger partial charge in [0.2, 0.25) is 11.8 Å². The second kappa shape index (κ2) is 9.78. The second-order valence-electron chi connectivity index (χ2n) is 8.13. The number of nitrogens with one attached hydrogen (secondary N) is 1. The summed E-state index contributed by atoms with van der Waals surface area (Å²) >= 11 is 3.37. The van der Waals surface area contributed by atoms with Crippen LogP contribution in [0.2, 0.25) is 0 Å². The minimum Gasteiger partial charge on any atom is -0.355 e. The van der Waals surface area contributed by atoms with Gasteiger partial charge in [-0.3, -0.25) is 14.5 Å². The van der Waals surface area contributed by atoms with Crippen molar-refractivity contribution in [3.63, 3.8) is 0 Å². The summed E-state index contributed by atoms with van der Waals surface area (Å²) < 4.78 is 26.7. The van der Waals surface area contributed by atoms with Crippen molar-refractivity contribution >= 4 is 43.3 Å². The number of rotatable bonds is 7. The number of halogens is 1. The fraction of sp³-hybridized carbons (Fsp3) is 0.619. The van der Waals surface area contributed by atoms with Crippen molar-refractivity contribution in [1.29, 1.82) is 0 Å². The van der Waals surface area contributed by atoms with Crippen molar-refractivity contribution in [2.45, 2.75) is 56.9 Å². The van der Waals surface area contributed by atoms with E-state index in [1.165, 1.54) is 37.2 Å². The Hall–Kier alpha value is -1.45. The Balaban J connectivity index is 1.60. The van der Waals surface area contributed by atoms with E-state index in [2.05, 4.69) is 33.1 Å². The molecule has 0 radical (unpaired) electrons. The lowest BCUT2D eigenvalue weighted by molar-refractivity contribution is -0.120. The summed E-state index contributed by atoms with van der Waals surface area (Å²) in [6.07, 6.45) is 4.14. The zero-order valence-corrected chi connectivity index (χ0v) is 20.0. The van der Waals surface area contributed by atoms with Crippen molar-refractivity contribution < 1.29 is 18.0 Å². The van der Waals surface area contributed by atoms with Crippen LogP contribution in [0.25, 0.3) is 0 Å². The Labute approximate surface area is 187 Å². The SMILES string of the molecule is CC(=O)N1CCc2cc(Br)cc(S(=O)(=O)CCC(=O)NCCN3CCCC[C@H]3C)c21. The predicted octanol–water partition coefficient (Wildman–Crippen LogP) is 2.51. The number of carbonyl (C=O) groups excluding carboxylic acids is 2. The van der Waals surface area contributed by atoms with E-state index in [0.29, 0.717) is 35.7 Å². The molecule has 0 aliphatic carbocycles. The highest BCUT2D eigenvalue weighted by molar-refractivity contribution is 9.10. The molecule has 2 heterocycles. The first-order chi connectivity index (χ1) is 14.2. The monoisotopic (exact) mass is 499 g/mol. The van der Waals surface area contributed by atoms with Gasteiger partial charge in [0.1, 0.15) is 0 Å². The van der Waals surface area contributed by atoms with Gasteiger partial charge in [-0.1, -0.05) is 22.4 Å². The molecular weight excluding hydrogens is 470 g/mol. The minimum atomic E-state index is -3.72. The largest absolute Gasteiger partial charge is 0.355 e. The molecule has 0 bridgehead atoms. The summed E-state index contributed by atoms with van der Waals surface area (Å²) in [6, 6.07) is 3.91. The van der Waals surface area contributed by atoms with E-state index < -0.39 is 9.84 Å². The molecule has 7 nitrogen and oxygen atoms in total. The van der Waals surface area contributed by atoms with Crippen molar-refractivity contribution in [2.24, 2.45) is 0 Å². The van der Waals surface area contributed by atoms with Gasteiger partial charge in [-0.2, -0.15) is 0 Å². The Bertz CT molecular complexity index is 919. The van der Waals surface area contributed by atoms with Gasteiger partial charge in [0.25, 0.3) is 0 Å². The van der Waals surface area contributed by atoms with Crippen LogP contribution in [0.4, 0.5) is 5.69 Å². The molecule has 0 spiro atoms. The molecule has 1 aromatic carbocycles. The molecule has 30 heavy (non-hydrogen) atoms. The number of amides is 2. The number of hydrogen-bond donors (Lipinski definition) is 1. The molecule has 9 heteroatoms. The van der Waals surface area contributed by atoms with Crippen LogP contribution >= 0.6 is 15.9 Å². The Kier molecular flexibility index (Phi) is 7.57. The average molecular weight is 500 g/mol. The number of carbonyl (C=O) groups is 2. The molecule has 1 aromatic rings. The number of nitrogens with zero attached hydrogens (tertiary/aromatic N) is 2. The van der Waals surface area contributed by atoms with Gasteiger partial charge in [0, 0.05) is 43.5 Å². The van der Waals surface area contributed by atoms with Crippen LogP contribution in [0.5, 0.6) is 0 Å². The van der Waals surface area contributed by atoms with E-state index in [1.807, 2.05) is 6.07 Å². The van der Waals surface area contributed by atoms with E-state index in [0.717, 1.165) is 18.7 Å². The van der Waals surface area contributed by atoms with Crippen molar-refractivity contribution in [2.75, 3.05) is 36.8 Å². The molecular formula is C21H30BrN3O4S. The molecule has 0 aromatic heterocycles. The number of piperidine rings is 1. The Morgan fingerprint density at radius 1 is 1.23 bits per heavy atom. The fourth-order valence-electron chi connectivity index (χ4n) is 4.28. The molecule has 166 valence electrons. The summed E-state index contributed by atoms with van der Waals surface area (Å²) in [5, 5.41) is 2.85. The van der Waals surface area contributed by atoms with Crippen LogP contribution in [0.3, 0.4) is 0 Å². The van der Waals surface area contributed by atoms with Crippen LogP contribution in [-0.2, 0) is 25.8 Å². The lowest BCUT2D eigenvalue weighted by Crippen LogP contribution is -2.42. The van der Waals surface area contributed by atoms with Crippen LogP contribution < -0.4 is 10.2 Å². The first kappa shape index (κ1) is 23.2. The van der Waals surface area contributed by atoms with Crippen LogP contribution in [0.15, 0.2) is 21.5 Å². The number of sulfone groups is 1. The highest BCUT2D eigenvalue weighted by atomic mass is 79.9. The van der Waals surface area contributed by atoms with Crippen LogP contribution in [0, 0.1) is 0 Å². The molecule has 2 aliphatic rings. The van der Waals surface area contributed by atoms with E-state index in [-0.39, 0.29) is 28.9 Å². The van der Waals surface area contributed by atoms with E-state index in [9.17, 15) is 18.0 Å². The fourth-order valence-corrected chi connectivity index (χ4v) is 6.45. The molecule has 3 rings (SSSR count). The third-order valence-electron chi connectivity index (χ3n) is 5.97. The first-order valence-corrected chi connectivity index (χ1v) is 13.0. The molecule has 1 saturated heterocycles. The second-order valence-corrected chi connectivity index (χ2v) is 11.1. The number of fused-ring (bicyclic) bond motifs is 1. The molecule has 0 saturated carbocycles. The van der Waals surface area contributed by atoms with Crippen molar-refractivity contribution in [3.8, 4) is 0 Å². The van der Waals surface area contributed by atoms with Gasteiger partial charge < -0.3 is 10.2 Å². The normalized spacial score (nSPS) is 19.6. The van der Waals surface area contributed by atoms with E-state index in [4.69, 9.17) is 0 Å². The summed E-state index contributed by atoms with van der Waals surface area (Å²) in [5.74, 6) is -0.733. The van der Waals surface area contributed by atoms with Gasteiger partial charge in [-0.05, 0) is 50.4 Å². The molecule has 2 amide bonds. The van der Waals surface area contributed by atoms with Crippen LogP contribution in [0.1, 0.15) is 45.1 Å². The lowest BCUT2D eigenvalue weighted by Gasteiger charge is -2.33. The summed E-state index contributed by atoms with van der Waals surface area (Å²) in [4.78, 5) is 28.2. The quantitative estimate of drug-likeness (QED) is 0.622. The zero-order valence-electron chi connectivity index (χ0n) is 17.6. The number of likely N-dealkylation sites (tertiary alicyclic amines) is 1. The van der Waals surface area contributed by atoms with Gasteiger partial charge in [0.15, 0.2) is 9.84 Å². The highest BCUT2D eigenvalue weighted by Gasteiger charge is 2.31. The molecule has 1 atom stereocenters. The lowest BCUT2D eigenvalue weighted by atomic mass is 10.0. The maximum Gasteiger partial charge on any atom is 0.223 e. The third-order valence-corrected chi connectivity index (χ3v) is 8.15. The van der Waals surface area contributed by atoms with Gasteiger partial charge in [0.05, 0.1) is 16.3 Å². The summed E-state index contributed by atoms with van der Waals surface area (Å²) in [7, 11) is -3.72. The maximum absolute atomic E-state index is 13.0. The number of hydrogen-bond acceptors (Lipinski definition) is 5. The van der Waals surface area contributed by atoms with Crippen molar-refractivity contribution in [1.82, 2.24) is 10.2 Å². The molecule has 1 N–H and O–H groups in total. The minimum absolute atomic E-state index is 0.0980. The topological polar surface area (TPSA) is 86.8 Å². The molecule has 0 unspecified atom stereocenters. The number of anilines is 1. The molecule has 1 fully saturated rings. The zero-order chi connectivity index (χ0) is 21.9. The highest BCUT2D eigenvalue weighted by Crippen LogP contribution is 2.38. The van der Waals surface area contributed by atoms with E-state index in [1.54, 1.807) is 0 Å². The summed E-state index contributed by atoms with van der Waals surface area (Å²) in [6.45, 7) is 6.46. The number of benzene rings is 1. The van der Waals surface area contributed by atoms with Crippen LogP contribution in [-0.4, -0.2) is 63.1 Å². The molecule has 2 aliphatic heterocycles. The first-order valence-electron chi connectivity index (χ1n) is 10.5. The van der Waals surface area contributed by atoms with Crippen molar-refractivity contribution in [3.05, 3.63) is 22.2 Å². The Morgan fingerprint density at radius 3 is 2.70 bits per heavy atom. The Morgan fingerprint density at radius 2 is 2.00 bits per heavy atom. The van der Waals surface area contributed by atoms with Gasteiger partial charge in [-0.25, -0.2) is 8.42 Å². The standard InChI is InChI=1S/C21H30BrN3O4S/c1-15-5-3-4-9-24(15)11-8-23-20(27)7-12-30(28,29)19-14-18(22)13-17-6-10-25(16(2)26)21(17)19/h13-15H,3-12H2,1-2H3,(H,23,27)/t15-/m1/s1. The maximum atomic E-state index is 13.0. The smallest absolute Gasteiger partial charge is 0.223 e. The predicted molar refractivity (Wildman–Crippen MR) is 120 cm³/mol. The van der Waals surface area contributed by atoms with Gasteiger partial charge >= 0.3 is 0 Å². The van der Waals surface area contributed by atoms with E-state index >= 15 is 0 Å². The average Bonchev–Trinajstić information content (AvgIpc) is 3.11.